The fourth-order valence-corrected chi connectivity index (χ4v) is 3.01. The van der Waals surface area contributed by atoms with Crippen molar-refractivity contribution in [3.05, 3.63) is 28.7 Å². The number of nitrogens with two attached hydrogens (primary N) is 1. The van der Waals surface area contributed by atoms with Crippen molar-refractivity contribution in [2.24, 2.45) is 5.73 Å². The van der Waals surface area contributed by atoms with Crippen LogP contribution in [0.4, 0.5) is 0 Å². The molecule has 0 aliphatic rings. The molecule has 0 bridgehead atoms. The zero-order valence-corrected chi connectivity index (χ0v) is 11.7. The molecule has 0 heterocycles. The van der Waals surface area contributed by atoms with E-state index in [9.17, 15) is 13.2 Å². The van der Waals surface area contributed by atoms with Gasteiger partial charge in [-0.25, -0.2) is 8.42 Å². The molecular formula is C11H11BrN2O3S. The van der Waals surface area contributed by atoms with Crippen LogP contribution in [0, 0.1) is 12.3 Å². The molecule has 1 aromatic carbocycles. The van der Waals surface area contributed by atoms with E-state index in [0.717, 1.165) is 0 Å². The summed E-state index contributed by atoms with van der Waals surface area (Å²) < 4.78 is 26.7. The Morgan fingerprint density at radius 3 is 2.72 bits per heavy atom. The number of halogens is 1. The lowest BCUT2D eigenvalue weighted by molar-refractivity contribution is -0.119. The molecule has 96 valence electrons. The van der Waals surface area contributed by atoms with Crippen LogP contribution in [0.25, 0.3) is 0 Å². The zero-order valence-electron chi connectivity index (χ0n) is 9.26. The monoisotopic (exact) mass is 330 g/mol. The Morgan fingerprint density at radius 1 is 1.56 bits per heavy atom. The molecule has 1 atom stereocenters. The molecule has 0 aliphatic heterocycles. The van der Waals surface area contributed by atoms with Gasteiger partial charge in [-0.1, -0.05) is 22.0 Å². The fourth-order valence-electron chi connectivity index (χ4n) is 1.21. The molecule has 0 aliphatic carbocycles. The van der Waals surface area contributed by atoms with Crippen LogP contribution in [0.2, 0.25) is 0 Å². The molecular weight excluding hydrogens is 320 g/mol. The van der Waals surface area contributed by atoms with Gasteiger partial charge in [0, 0.05) is 10.9 Å². The molecule has 1 rings (SSSR count). The molecule has 0 radical (unpaired) electrons. The number of hydrogen-bond acceptors (Lipinski definition) is 3. The molecule has 0 aromatic heterocycles. The molecule has 1 amide bonds. The van der Waals surface area contributed by atoms with Crippen molar-refractivity contribution >= 4 is 31.9 Å². The average Bonchev–Trinajstić information content (AvgIpc) is 2.28. The minimum Gasteiger partial charge on any atom is -0.368 e. The normalized spacial score (nSPS) is 12.7. The van der Waals surface area contributed by atoms with Gasteiger partial charge in [0.25, 0.3) is 0 Å². The van der Waals surface area contributed by atoms with Gasteiger partial charge in [-0.2, -0.15) is 4.72 Å². The lowest BCUT2D eigenvalue weighted by atomic mass is 10.2. The second-order valence-electron chi connectivity index (χ2n) is 3.44. The minimum atomic E-state index is -3.83. The van der Waals surface area contributed by atoms with Gasteiger partial charge < -0.3 is 5.73 Å². The molecule has 0 spiro atoms. The topological polar surface area (TPSA) is 89.3 Å². The number of primary amides is 1. The van der Waals surface area contributed by atoms with Gasteiger partial charge in [-0.15, -0.1) is 12.3 Å². The highest BCUT2D eigenvalue weighted by Crippen LogP contribution is 2.16. The van der Waals surface area contributed by atoms with Crippen LogP contribution in [0.15, 0.2) is 33.6 Å². The van der Waals surface area contributed by atoms with Gasteiger partial charge in [0.15, 0.2) is 0 Å². The van der Waals surface area contributed by atoms with Gasteiger partial charge in [-0.3, -0.25) is 4.79 Å². The van der Waals surface area contributed by atoms with E-state index < -0.39 is 22.0 Å². The standard InChI is InChI=1S/C11H11BrN2O3S/c1-2-4-10(11(13)15)14-18(16,17)9-6-3-5-8(12)7-9/h1,3,5-7,10,14H,4H2,(H2,13,15). The van der Waals surface area contributed by atoms with Gasteiger partial charge in [0.2, 0.25) is 15.9 Å². The van der Waals surface area contributed by atoms with Crippen LogP contribution in [0.5, 0.6) is 0 Å². The van der Waals surface area contributed by atoms with Crippen LogP contribution >= 0.6 is 15.9 Å². The molecule has 0 fully saturated rings. The Balaban J connectivity index is 3.01. The van der Waals surface area contributed by atoms with Crippen LogP contribution in [-0.2, 0) is 14.8 Å². The molecule has 1 aromatic rings. The summed E-state index contributed by atoms with van der Waals surface area (Å²) >= 11 is 3.16. The highest BCUT2D eigenvalue weighted by molar-refractivity contribution is 9.10. The maximum Gasteiger partial charge on any atom is 0.241 e. The van der Waals surface area contributed by atoms with Crippen molar-refractivity contribution in [2.75, 3.05) is 0 Å². The summed E-state index contributed by atoms with van der Waals surface area (Å²) in [5, 5.41) is 0. The third kappa shape index (κ3) is 3.84. The number of carbonyl (C=O) groups is 1. The Bertz CT molecular complexity index is 593. The maximum atomic E-state index is 12.0. The first-order valence-corrected chi connectivity index (χ1v) is 7.15. The average molecular weight is 331 g/mol. The van der Waals surface area contributed by atoms with Crippen molar-refractivity contribution in [3.63, 3.8) is 0 Å². The fraction of sp³-hybridized carbons (Fsp3) is 0.182. The maximum absolute atomic E-state index is 12.0. The third-order valence-corrected chi connectivity index (χ3v) is 4.03. The summed E-state index contributed by atoms with van der Waals surface area (Å²) in [6.45, 7) is 0. The summed E-state index contributed by atoms with van der Waals surface area (Å²) in [5.74, 6) is 1.38. The van der Waals surface area contributed by atoms with Crippen LogP contribution in [0.1, 0.15) is 6.42 Å². The first kappa shape index (κ1) is 14.7. The predicted octanol–water partition coefficient (Wildman–Crippen LogP) is 0.605. The van der Waals surface area contributed by atoms with Gasteiger partial charge in [0.05, 0.1) is 4.90 Å². The largest absolute Gasteiger partial charge is 0.368 e. The molecule has 7 heteroatoms. The number of hydrogen-bond donors (Lipinski definition) is 2. The number of rotatable bonds is 5. The zero-order chi connectivity index (χ0) is 13.8. The molecule has 3 N–H and O–H groups in total. The third-order valence-electron chi connectivity index (χ3n) is 2.07. The molecule has 18 heavy (non-hydrogen) atoms. The lowest BCUT2D eigenvalue weighted by Gasteiger charge is -2.13. The van der Waals surface area contributed by atoms with Crippen LogP contribution in [-0.4, -0.2) is 20.4 Å². The first-order chi connectivity index (χ1) is 8.36. The number of benzene rings is 1. The summed E-state index contributed by atoms with van der Waals surface area (Å²) in [4.78, 5) is 11.1. The SMILES string of the molecule is C#CCC(NS(=O)(=O)c1cccc(Br)c1)C(N)=O. The second-order valence-corrected chi connectivity index (χ2v) is 6.07. The van der Waals surface area contributed by atoms with Crippen molar-refractivity contribution in [1.82, 2.24) is 4.72 Å². The van der Waals surface area contributed by atoms with E-state index >= 15 is 0 Å². The smallest absolute Gasteiger partial charge is 0.241 e. The van der Waals surface area contributed by atoms with Crippen LogP contribution in [0.3, 0.4) is 0 Å². The van der Waals surface area contributed by atoms with Gasteiger partial charge >= 0.3 is 0 Å². The van der Waals surface area contributed by atoms with E-state index in [1.54, 1.807) is 12.1 Å². The predicted molar refractivity (Wildman–Crippen MR) is 70.9 cm³/mol. The highest BCUT2D eigenvalue weighted by atomic mass is 79.9. The van der Waals surface area contributed by atoms with Crippen molar-refractivity contribution in [2.45, 2.75) is 17.4 Å². The Hall–Kier alpha value is -1.36. The Labute approximate surface area is 114 Å². The number of terminal acetylenes is 1. The Morgan fingerprint density at radius 2 is 2.22 bits per heavy atom. The van der Waals surface area contributed by atoms with E-state index in [-0.39, 0.29) is 11.3 Å². The summed E-state index contributed by atoms with van der Waals surface area (Å²) in [5.41, 5.74) is 5.07. The number of nitrogens with one attached hydrogen (secondary N) is 1. The Kier molecular flexibility index (Phi) is 4.90. The molecule has 1 unspecified atom stereocenters. The van der Waals surface area contributed by atoms with Crippen molar-refractivity contribution < 1.29 is 13.2 Å². The van der Waals surface area contributed by atoms with E-state index in [4.69, 9.17) is 12.2 Å². The summed E-state index contributed by atoms with van der Waals surface area (Å²) in [6, 6.07) is 4.96. The number of carbonyl (C=O) groups excluding carboxylic acids is 1. The molecule has 0 saturated heterocycles. The van der Waals surface area contributed by atoms with E-state index in [1.807, 2.05) is 0 Å². The van der Waals surface area contributed by atoms with E-state index in [2.05, 4.69) is 26.6 Å². The van der Waals surface area contributed by atoms with Gasteiger partial charge in [0.1, 0.15) is 6.04 Å². The first-order valence-electron chi connectivity index (χ1n) is 4.87. The highest BCUT2D eigenvalue weighted by Gasteiger charge is 2.23. The molecule has 0 saturated carbocycles. The summed E-state index contributed by atoms with van der Waals surface area (Å²) in [6.07, 6.45) is 4.95. The van der Waals surface area contributed by atoms with Crippen molar-refractivity contribution in [3.8, 4) is 12.3 Å². The summed E-state index contributed by atoms with van der Waals surface area (Å²) in [7, 11) is -3.83. The number of amides is 1. The van der Waals surface area contributed by atoms with Crippen molar-refractivity contribution in [1.29, 1.82) is 0 Å². The van der Waals surface area contributed by atoms with Gasteiger partial charge in [-0.05, 0) is 18.2 Å². The van der Waals surface area contributed by atoms with E-state index in [1.165, 1.54) is 12.1 Å². The lowest BCUT2D eigenvalue weighted by Crippen LogP contribution is -2.44. The number of sulfonamides is 1. The quantitative estimate of drug-likeness (QED) is 0.775. The minimum absolute atomic E-state index is 0.0279. The molecule has 5 nitrogen and oxygen atoms in total. The van der Waals surface area contributed by atoms with Crippen LogP contribution < -0.4 is 10.5 Å². The van der Waals surface area contributed by atoms with E-state index in [0.29, 0.717) is 4.47 Å². The second kappa shape index (κ2) is 6.00.